The van der Waals surface area contributed by atoms with Gasteiger partial charge in [-0.2, -0.15) is 0 Å². The molecule has 1 amide bonds. The molecule has 0 aliphatic rings. The Morgan fingerprint density at radius 2 is 1.83 bits per heavy atom. The van der Waals surface area contributed by atoms with E-state index in [1.807, 2.05) is 0 Å². The lowest BCUT2D eigenvalue weighted by atomic mass is 10.1. The highest BCUT2D eigenvalue weighted by atomic mass is 32.2. The minimum Gasteiger partial charge on any atom is -0.321 e. The second-order valence-electron chi connectivity index (χ2n) is 6.05. The minimum atomic E-state index is -3.66. The van der Waals surface area contributed by atoms with Gasteiger partial charge >= 0.3 is 0 Å². The Hall–Kier alpha value is -2.25. The lowest BCUT2D eigenvalue weighted by Crippen LogP contribution is -2.40. The molecular weight excluding hydrogens is 314 g/mol. The molecule has 0 radical (unpaired) electrons. The Labute approximate surface area is 136 Å². The Balaban J connectivity index is 2.22. The van der Waals surface area contributed by atoms with Crippen LogP contribution in [-0.4, -0.2) is 24.8 Å². The Morgan fingerprint density at radius 3 is 2.43 bits per heavy atom. The Kier molecular flexibility index (Phi) is 4.82. The average molecular weight is 333 g/mol. The summed E-state index contributed by atoms with van der Waals surface area (Å²) in [5.74, 6) is -0.399. The zero-order chi connectivity index (χ0) is 17.1. The number of rotatable bonds is 4. The molecule has 0 fully saturated rings. The normalized spacial score (nSPS) is 12.0. The molecule has 23 heavy (non-hydrogen) atoms. The molecule has 1 aromatic carbocycles. The molecular formula is C16H19N3O3S. The predicted octanol–water partition coefficient (Wildman–Crippen LogP) is 2.41. The van der Waals surface area contributed by atoms with Crippen molar-refractivity contribution in [2.75, 3.05) is 5.32 Å². The molecule has 1 aromatic heterocycles. The van der Waals surface area contributed by atoms with E-state index >= 15 is 0 Å². The second-order valence-corrected chi connectivity index (χ2v) is 7.73. The largest absolute Gasteiger partial charge is 0.321 e. The van der Waals surface area contributed by atoms with Gasteiger partial charge < -0.3 is 5.32 Å². The number of nitrogens with one attached hydrogen (secondary N) is 2. The SMILES string of the molecule is CC(C)(C)NS(=O)(=O)c1cccc(NC(=O)c2ccccn2)c1. The summed E-state index contributed by atoms with van der Waals surface area (Å²) in [4.78, 5) is 16.1. The van der Waals surface area contributed by atoms with Crippen molar-refractivity contribution in [3.05, 3.63) is 54.4 Å². The maximum absolute atomic E-state index is 12.3. The smallest absolute Gasteiger partial charge is 0.274 e. The molecule has 7 heteroatoms. The number of sulfonamides is 1. The standard InChI is InChI=1S/C16H19N3O3S/c1-16(2,3)19-23(21,22)13-8-6-7-12(11-13)18-15(20)14-9-4-5-10-17-14/h4-11,19H,1-3H3,(H,18,20). The molecule has 2 N–H and O–H groups in total. The number of carbonyl (C=O) groups is 1. The van der Waals surface area contributed by atoms with Gasteiger partial charge in [-0.3, -0.25) is 9.78 Å². The van der Waals surface area contributed by atoms with Crippen LogP contribution in [0.5, 0.6) is 0 Å². The molecule has 2 rings (SSSR count). The quantitative estimate of drug-likeness (QED) is 0.899. The molecule has 0 aliphatic heterocycles. The molecule has 0 saturated carbocycles. The van der Waals surface area contributed by atoms with Crippen LogP contribution in [0, 0.1) is 0 Å². The van der Waals surface area contributed by atoms with Gasteiger partial charge in [0.2, 0.25) is 10.0 Å². The summed E-state index contributed by atoms with van der Waals surface area (Å²) in [6, 6.07) is 11.1. The number of hydrogen-bond acceptors (Lipinski definition) is 4. The van der Waals surface area contributed by atoms with Crippen LogP contribution in [0.25, 0.3) is 0 Å². The molecule has 6 nitrogen and oxygen atoms in total. The summed E-state index contributed by atoms with van der Waals surface area (Å²) in [5.41, 5.74) is 0.0532. The number of benzene rings is 1. The van der Waals surface area contributed by atoms with Crippen LogP contribution in [0.15, 0.2) is 53.6 Å². The van der Waals surface area contributed by atoms with Crippen LogP contribution in [0.4, 0.5) is 5.69 Å². The lowest BCUT2D eigenvalue weighted by molar-refractivity contribution is 0.102. The van der Waals surface area contributed by atoms with E-state index in [1.165, 1.54) is 18.3 Å². The zero-order valence-electron chi connectivity index (χ0n) is 13.2. The van der Waals surface area contributed by atoms with Crippen LogP contribution < -0.4 is 10.0 Å². The fraction of sp³-hybridized carbons (Fsp3) is 0.250. The third kappa shape index (κ3) is 4.87. The molecule has 0 unspecified atom stereocenters. The summed E-state index contributed by atoms with van der Waals surface area (Å²) in [6.07, 6.45) is 1.52. The van der Waals surface area contributed by atoms with Gasteiger partial charge in [0.1, 0.15) is 5.69 Å². The van der Waals surface area contributed by atoms with Crippen molar-refractivity contribution in [3.63, 3.8) is 0 Å². The van der Waals surface area contributed by atoms with Crippen molar-refractivity contribution < 1.29 is 13.2 Å². The van der Waals surface area contributed by atoms with E-state index in [0.717, 1.165) is 0 Å². The van der Waals surface area contributed by atoms with E-state index in [9.17, 15) is 13.2 Å². The molecule has 0 bridgehead atoms. The van der Waals surface area contributed by atoms with Crippen LogP contribution >= 0.6 is 0 Å². The number of amides is 1. The zero-order valence-corrected chi connectivity index (χ0v) is 14.0. The third-order valence-corrected chi connectivity index (χ3v) is 4.50. The summed E-state index contributed by atoms with van der Waals surface area (Å²) in [7, 11) is -3.66. The van der Waals surface area contributed by atoms with Gasteiger partial charge in [-0.1, -0.05) is 12.1 Å². The van der Waals surface area contributed by atoms with Crippen molar-refractivity contribution in [2.45, 2.75) is 31.2 Å². The van der Waals surface area contributed by atoms with Gasteiger partial charge in [-0.25, -0.2) is 13.1 Å². The van der Waals surface area contributed by atoms with E-state index in [-0.39, 0.29) is 10.6 Å². The van der Waals surface area contributed by atoms with E-state index < -0.39 is 21.5 Å². The van der Waals surface area contributed by atoms with Crippen LogP contribution in [0.2, 0.25) is 0 Å². The molecule has 0 spiro atoms. The fourth-order valence-corrected chi connectivity index (χ4v) is 3.36. The Bertz CT molecular complexity index is 797. The molecule has 0 saturated heterocycles. The number of aromatic nitrogens is 1. The van der Waals surface area contributed by atoms with Crippen molar-refractivity contribution in [1.82, 2.24) is 9.71 Å². The van der Waals surface area contributed by atoms with Crippen LogP contribution in [0.1, 0.15) is 31.3 Å². The van der Waals surface area contributed by atoms with Gasteiger partial charge in [-0.05, 0) is 51.1 Å². The highest BCUT2D eigenvalue weighted by Gasteiger charge is 2.22. The van der Waals surface area contributed by atoms with Gasteiger partial charge in [0.05, 0.1) is 4.90 Å². The summed E-state index contributed by atoms with van der Waals surface area (Å²) >= 11 is 0. The van der Waals surface area contributed by atoms with Gasteiger partial charge in [-0.15, -0.1) is 0 Å². The van der Waals surface area contributed by atoms with Crippen molar-refractivity contribution in [1.29, 1.82) is 0 Å². The number of nitrogens with zero attached hydrogens (tertiary/aromatic N) is 1. The van der Waals surface area contributed by atoms with Crippen molar-refractivity contribution in [2.24, 2.45) is 0 Å². The lowest BCUT2D eigenvalue weighted by Gasteiger charge is -2.20. The molecule has 0 aliphatic carbocycles. The van der Waals surface area contributed by atoms with Gasteiger partial charge in [0.25, 0.3) is 5.91 Å². The maximum atomic E-state index is 12.3. The van der Waals surface area contributed by atoms with E-state index in [0.29, 0.717) is 5.69 Å². The fourth-order valence-electron chi connectivity index (χ4n) is 1.90. The van der Waals surface area contributed by atoms with E-state index in [4.69, 9.17) is 0 Å². The minimum absolute atomic E-state index is 0.0891. The summed E-state index contributed by atoms with van der Waals surface area (Å²) in [5, 5.41) is 2.64. The predicted molar refractivity (Wildman–Crippen MR) is 88.7 cm³/mol. The average Bonchev–Trinajstić information content (AvgIpc) is 2.46. The first kappa shape index (κ1) is 17.1. The van der Waals surface area contributed by atoms with Crippen molar-refractivity contribution in [3.8, 4) is 0 Å². The highest BCUT2D eigenvalue weighted by molar-refractivity contribution is 7.89. The molecule has 2 aromatic rings. The number of hydrogen-bond donors (Lipinski definition) is 2. The number of carbonyl (C=O) groups excluding carboxylic acids is 1. The first-order chi connectivity index (χ1) is 10.7. The Morgan fingerprint density at radius 1 is 1.09 bits per heavy atom. The monoisotopic (exact) mass is 333 g/mol. The second kappa shape index (κ2) is 6.47. The molecule has 0 atom stereocenters. The first-order valence-corrected chi connectivity index (χ1v) is 8.52. The van der Waals surface area contributed by atoms with E-state index in [2.05, 4.69) is 15.0 Å². The molecule has 1 heterocycles. The first-order valence-electron chi connectivity index (χ1n) is 7.04. The molecule has 122 valence electrons. The van der Waals surface area contributed by atoms with Crippen molar-refractivity contribution >= 4 is 21.6 Å². The highest BCUT2D eigenvalue weighted by Crippen LogP contribution is 2.18. The van der Waals surface area contributed by atoms with Crippen LogP contribution in [-0.2, 0) is 10.0 Å². The van der Waals surface area contributed by atoms with E-state index in [1.54, 1.807) is 51.1 Å². The topological polar surface area (TPSA) is 88.2 Å². The van der Waals surface area contributed by atoms with Gasteiger partial charge in [0.15, 0.2) is 0 Å². The number of pyridine rings is 1. The summed E-state index contributed by atoms with van der Waals surface area (Å²) < 4.78 is 27.2. The number of anilines is 1. The maximum Gasteiger partial charge on any atom is 0.274 e. The van der Waals surface area contributed by atoms with Crippen LogP contribution in [0.3, 0.4) is 0 Å². The third-order valence-electron chi connectivity index (χ3n) is 2.74. The van der Waals surface area contributed by atoms with Gasteiger partial charge in [0, 0.05) is 17.4 Å². The summed E-state index contributed by atoms with van der Waals surface area (Å²) in [6.45, 7) is 5.28.